The van der Waals surface area contributed by atoms with Crippen LogP contribution in [-0.4, -0.2) is 67.4 Å². The topological polar surface area (TPSA) is 91.7 Å². The third-order valence-corrected chi connectivity index (χ3v) is 7.62. The fourth-order valence-electron chi connectivity index (χ4n) is 3.66. The maximum Gasteiger partial charge on any atom is 0.256 e. The first-order chi connectivity index (χ1) is 15.2. The Kier molecular flexibility index (Phi) is 9.18. The molecule has 2 rings (SSSR count). The number of nitrogens with zero attached hydrogens (tertiary/aromatic N) is 3. The molecule has 1 N–H and O–H groups in total. The van der Waals surface area contributed by atoms with Gasteiger partial charge in [-0.05, 0) is 31.3 Å². The van der Waals surface area contributed by atoms with E-state index in [9.17, 15) is 18.0 Å². The summed E-state index contributed by atoms with van der Waals surface area (Å²) in [6.07, 6.45) is 3.17. The van der Waals surface area contributed by atoms with Gasteiger partial charge in [0.05, 0.1) is 10.4 Å². The Hall–Kier alpha value is -2.49. The Bertz CT molecular complexity index is 1120. The predicted octanol–water partition coefficient (Wildman–Crippen LogP) is 2.29. The summed E-state index contributed by atoms with van der Waals surface area (Å²) < 4.78 is 29.0. The van der Waals surface area contributed by atoms with Crippen molar-refractivity contribution in [1.29, 1.82) is 0 Å². The summed E-state index contributed by atoms with van der Waals surface area (Å²) in [6.45, 7) is 15.2. The van der Waals surface area contributed by atoms with Gasteiger partial charge in [0, 0.05) is 44.3 Å². The SMILES string of the molecule is C=CCn1cc(C(=O)NCCN(CC)CC)c(=O)c2cc(S(=O)(=O)N(CC)CC)ccc21. The van der Waals surface area contributed by atoms with Crippen LogP contribution in [0.25, 0.3) is 10.9 Å². The van der Waals surface area contributed by atoms with Crippen molar-refractivity contribution in [3.05, 3.63) is 52.8 Å². The average Bonchev–Trinajstić information content (AvgIpc) is 2.78. The van der Waals surface area contributed by atoms with Crippen molar-refractivity contribution in [3.63, 3.8) is 0 Å². The summed E-state index contributed by atoms with van der Waals surface area (Å²) in [6, 6.07) is 4.48. The maximum absolute atomic E-state index is 13.2. The fourth-order valence-corrected chi connectivity index (χ4v) is 5.15. The molecule has 0 aliphatic rings. The van der Waals surface area contributed by atoms with Crippen molar-refractivity contribution >= 4 is 26.8 Å². The lowest BCUT2D eigenvalue weighted by Crippen LogP contribution is -2.36. The zero-order valence-electron chi connectivity index (χ0n) is 19.4. The van der Waals surface area contributed by atoms with Crippen molar-refractivity contribution in [2.75, 3.05) is 39.3 Å². The van der Waals surface area contributed by atoms with E-state index in [2.05, 4.69) is 16.8 Å². The van der Waals surface area contributed by atoms with Crippen molar-refractivity contribution in [2.45, 2.75) is 39.1 Å². The second-order valence-electron chi connectivity index (χ2n) is 7.36. The number of amides is 1. The van der Waals surface area contributed by atoms with Crippen LogP contribution in [0.3, 0.4) is 0 Å². The number of carbonyl (C=O) groups excluding carboxylic acids is 1. The molecule has 32 heavy (non-hydrogen) atoms. The molecule has 0 aliphatic carbocycles. The zero-order chi connectivity index (χ0) is 23.9. The Labute approximate surface area is 190 Å². The van der Waals surface area contributed by atoms with E-state index in [0.29, 0.717) is 38.2 Å². The molecular weight excluding hydrogens is 428 g/mol. The normalized spacial score (nSPS) is 11.9. The first-order valence-electron chi connectivity index (χ1n) is 11.0. The number of nitrogens with one attached hydrogen (secondary N) is 1. The van der Waals surface area contributed by atoms with Gasteiger partial charge in [0.25, 0.3) is 5.91 Å². The molecule has 0 aliphatic heterocycles. The smallest absolute Gasteiger partial charge is 0.256 e. The van der Waals surface area contributed by atoms with Gasteiger partial charge in [-0.2, -0.15) is 4.31 Å². The highest BCUT2D eigenvalue weighted by molar-refractivity contribution is 7.89. The van der Waals surface area contributed by atoms with Crippen LogP contribution in [0.1, 0.15) is 38.1 Å². The van der Waals surface area contributed by atoms with Gasteiger partial charge >= 0.3 is 0 Å². The van der Waals surface area contributed by atoms with Gasteiger partial charge in [-0.3, -0.25) is 9.59 Å². The van der Waals surface area contributed by atoms with Crippen LogP contribution in [0.5, 0.6) is 0 Å². The first kappa shape index (κ1) is 25.8. The number of hydrogen-bond acceptors (Lipinski definition) is 5. The van der Waals surface area contributed by atoms with Gasteiger partial charge in [-0.25, -0.2) is 8.42 Å². The van der Waals surface area contributed by atoms with Crippen molar-refractivity contribution in [1.82, 2.24) is 19.1 Å². The molecule has 0 bridgehead atoms. The maximum atomic E-state index is 13.2. The Morgan fingerprint density at radius 1 is 1.12 bits per heavy atom. The largest absolute Gasteiger partial charge is 0.351 e. The van der Waals surface area contributed by atoms with E-state index in [4.69, 9.17) is 0 Å². The molecule has 1 amide bonds. The lowest BCUT2D eigenvalue weighted by molar-refractivity contribution is 0.0947. The number of pyridine rings is 1. The minimum absolute atomic E-state index is 0.0173. The van der Waals surface area contributed by atoms with Crippen molar-refractivity contribution in [2.24, 2.45) is 0 Å². The molecule has 0 saturated heterocycles. The second-order valence-corrected chi connectivity index (χ2v) is 9.30. The molecule has 0 atom stereocenters. The molecule has 9 heteroatoms. The molecule has 0 unspecified atom stereocenters. The zero-order valence-corrected chi connectivity index (χ0v) is 20.2. The molecule has 1 aromatic carbocycles. The summed E-state index contributed by atoms with van der Waals surface area (Å²) in [7, 11) is -3.74. The van der Waals surface area contributed by atoms with E-state index < -0.39 is 21.4 Å². The predicted molar refractivity (Wildman–Crippen MR) is 129 cm³/mol. The summed E-state index contributed by atoms with van der Waals surface area (Å²) in [5, 5.41) is 3.00. The third kappa shape index (κ3) is 5.46. The van der Waals surface area contributed by atoms with Crippen LogP contribution < -0.4 is 10.7 Å². The van der Waals surface area contributed by atoms with Crippen LogP contribution in [0.15, 0.2) is 46.7 Å². The summed E-state index contributed by atoms with van der Waals surface area (Å²) in [5.41, 5.74) is 0.0432. The minimum Gasteiger partial charge on any atom is -0.351 e. The van der Waals surface area contributed by atoms with Crippen LogP contribution in [-0.2, 0) is 16.6 Å². The van der Waals surface area contributed by atoms with Gasteiger partial charge in [0.15, 0.2) is 0 Å². The molecule has 0 spiro atoms. The van der Waals surface area contributed by atoms with Crippen molar-refractivity contribution < 1.29 is 13.2 Å². The lowest BCUT2D eigenvalue weighted by atomic mass is 10.1. The third-order valence-electron chi connectivity index (χ3n) is 5.57. The highest BCUT2D eigenvalue weighted by Gasteiger charge is 2.23. The highest BCUT2D eigenvalue weighted by atomic mass is 32.2. The van der Waals surface area contributed by atoms with Gasteiger partial charge in [0.2, 0.25) is 15.5 Å². The fraction of sp³-hybridized carbons (Fsp3) is 0.478. The lowest BCUT2D eigenvalue weighted by Gasteiger charge is -2.19. The molecule has 8 nitrogen and oxygen atoms in total. The number of likely N-dealkylation sites (N-methyl/N-ethyl adjacent to an activating group) is 1. The van der Waals surface area contributed by atoms with Crippen molar-refractivity contribution in [3.8, 4) is 0 Å². The molecule has 0 radical (unpaired) electrons. The standard InChI is InChI=1S/C23H34N4O4S/c1-6-14-26-17-20(23(29)24-13-15-25(7-2)8-3)22(28)19-16-18(11-12-21(19)26)32(30,31)27(9-4)10-5/h6,11-12,16-17H,1,7-10,13-15H2,2-5H3,(H,24,29). The summed E-state index contributed by atoms with van der Waals surface area (Å²) in [4.78, 5) is 28.2. The van der Waals surface area contributed by atoms with Gasteiger partial charge in [0.1, 0.15) is 5.56 Å². The molecule has 176 valence electrons. The second kappa shape index (κ2) is 11.4. The molecule has 0 saturated carbocycles. The number of sulfonamides is 1. The number of aromatic nitrogens is 1. The van der Waals surface area contributed by atoms with E-state index in [1.165, 1.54) is 22.6 Å². The molecule has 0 fully saturated rings. The van der Waals surface area contributed by atoms with Gasteiger partial charge < -0.3 is 14.8 Å². The number of hydrogen-bond donors (Lipinski definition) is 1. The molecule has 1 aromatic heterocycles. The van der Waals surface area contributed by atoms with E-state index >= 15 is 0 Å². The monoisotopic (exact) mass is 462 g/mol. The summed E-state index contributed by atoms with van der Waals surface area (Å²) in [5.74, 6) is -0.473. The number of benzene rings is 1. The van der Waals surface area contributed by atoms with Crippen LogP contribution in [0.2, 0.25) is 0 Å². The van der Waals surface area contributed by atoms with Gasteiger partial charge in [-0.15, -0.1) is 6.58 Å². The number of allylic oxidation sites excluding steroid dienone is 1. The van der Waals surface area contributed by atoms with E-state index in [1.807, 2.05) is 13.8 Å². The highest BCUT2D eigenvalue weighted by Crippen LogP contribution is 2.21. The molecule has 2 aromatic rings. The van der Waals surface area contributed by atoms with Crippen LogP contribution in [0, 0.1) is 0 Å². The first-order valence-corrected chi connectivity index (χ1v) is 12.5. The summed E-state index contributed by atoms with van der Waals surface area (Å²) >= 11 is 0. The number of rotatable bonds is 12. The van der Waals surface area contributed by atoms with E-state index in [1.54, 1.807) is 30.6 Å². The van der Waals surface area contributed by atoms with E-state index in [0.717, 1.165) is 13.1 Å². The average molecular weight is 463 g/mol. The number of fused-ring (bicyclic) bond motifs is 1. The Morgan fingerprint density at radius 3 is 2.34 bits per heavy atom. The Balaban J connectivity index is 2.54. The minimum atomic E-state index is -3.74. The van der Waals surface area contributed by atoms with E-state index in [-0.39, 0.29) is 15.8 Å². The van der Waals surface area contributed by atoms with Gasteiger partial charge in [-0.1, -0.05) is 33.8 Å². The Morgan fingerprint density at radius 2 is 1.78 bits per heavy atom. The van der Waals surface area contributed by atoms with Crippen LogP contribution in [0.4, 0.5) is 0 Å². The van der Waals surface area contributed by atoms with Crippen LogP contribution >= 0.6 is 0 Å². The molecular formula is C23H34N4O4S. The molecule has 1 heterocycles. The quantitative estimate of drug-likeness (QED) is 0.489. The number of carbonyl (C=O) groups is 1.